The number of carbonyl (C=O) groups is 3. The second-order valence-corrected chi connectivity index (χ2v) is 5.74. The molecular weight excluding hydrogens is 314 g/mol. The summed E-state index contributed by atoms with van der Waals surface area (Å²) < 4.78 is 5.16. The van der Waals surface area contributed by atoms with E-state index in [1.807, 2.05) is 0 Å². The number of amides is 1. The lowest BCUT2D eigenvalue weighted by atomic mass is 10.0. The predicted molar refractivity (Wildman–Crippen MR) is 87.8 cm³/mol. The fourth-order valence-corrected chi connectivity index (χ4v) is 2.67. The monoisotopic (exact) mass is 331 g/mol. The molecule has 5 nitrogen and oxygen atoms in total. The van der Waals surface area contributed by atoms with Crippen LogP contribution in [0.4, 0.5) is 0 Å². The number of hydrogen-bond acceptors (Lipinski definition) is 5. The Morgan fingerprint density at radius 3 is 2.43 bits per heavy atom. The highest BCUT2D eigenvalue weighted by Crippen LogP contribution is 2.19. The number of benzene rings is 1. The lowest BCUT2D eigenvalue weighted by Crippen LogP contribution is -2.35. The van der Waals surface area contributed by atoms with Crippen LogP contribution >= 0.6 is 11.3 Å². The molecule has 0 unspecified atom stereocenters. The molecule has 1 N–H and O–H groups in total. The number of rotatable bonds is 6. The lowest BCUT2D eigenvalue weighted by Gasteiger charge is -2.14. The summed E-state index contributed by atoms with van der Waals surface area (Å²) in [6.07, 6.45) is -0.924. The lowest BCUT2D eigenvalue weighted by molar-refractivity contribution is -0.128. The van der Waals surface area contributed by atoms with Crippen molar-refractivity contribution >= 4 is 29.0 Å². The van der Waals surface area contributed by atoms with Gasteiger partial charge in [-0.2, -0.15) is 0 Å². The molecule has 0 aliphatic carbocycles. The Labute approximate surface area is 138 Å². The maximum absolute atomic E-state index is 12.5. The first-order valence-electron chi connectivity index (χ1n) is 7.20. The zero-order valence-electron chi connectivity index (χ0n) is 12.9. The first-order chi connectivity index (χ1) is 11.0. The molecule has 0 fully saturated rings. The summed E-state index contributed by atoms with van der Waals surface area (Å²) in [5.41, 5.74) is 0.421. The van der Waals surface area contributed by atoms with Crippen LogP contribution in [0.1, 0.15) is 39.4 Å². The first-order valence-corrected chi connectivity index (χ1v) is 8.08. The highest BCUT2D eigenvalue weighted by atomic mass is 32.1. The summed E-state index contributed by atoms with van der Waals surface area (Å²) in [5, 5.41) is 4.38. The van der Waals surface area contributed by atoms with E-state index in [-0.39, 0.29) is 22.8 Å². The molecule has 1 aromatic carbocycles. The van der Waals surface area contributed by atoms with Gasteiger partial charge in [0.1, 0.15) is 0 Å². The number of carbonyl (C=O) groups excluding carboxylic acids is 3. The molecule has 2 aromatic rings. The van der Waals surface area contributed by atoms with Gasteiger partial charge < -0.3 is 10.1 Å². The first kappa shape index (κ1) is 16.9. The van der Waals surface area contributed by atoms with Crippen molar-refractivity contribution in [1.29, 1.82) is 0 Å². The van der Waals surface area contributed by atoms with E-state index in [1.54, 1.807) is 42.6 Å². The van der Waals surface area contributed by atoms with E-state index < -0.39 is 12.1 Å². The molecule has 0 saturated carbocycles. The fourth-order valence-electron chi connectivity index (χ4n) is 2.00. The molecule has 1 atom stereocenters. The smallest absolute Gasteiger partial charge is 0.339 e. The normalized spacial score (nSPS) is 11.6. The number of ether oxygens (including phenoxy) is 1. The average Bonchev–Trinajstić information content (AvgIpc) is 3.08. The number of nitrogens with one attached hydrogen (secondary N) is 1. The minimum absolute atomic E-state index is 0.155. The molecule has 0 aliphatic rings. The van der Waals surface area contributed by atoms with E-state index in [4.69, 9.17) is 4.74 Å². The van der Waals surface area contributed by atoms with Crippen LogP contribution in [-0.2, 0) is 9.53 Å². The third kappa shape index (κ3) is 4.04. The number of likely N-dealkylation sites (N-methyl/N-ethyl adjacent to an activating group) is 1. The fraction of sp³-hybridized carbons (Fsp3) is 0.235. The van der Waals surface area contributed by atoms with Crippen LogP contribution in [-0.4, -0.2) is 30.3 Å². The van der Waals surface area contributed by atoms with Crippen molar-refractivity contribution in [3.05, 3.63) is 57.8 Å². The van der Waals surface area contributed by atoms with Crippen molar-refractivity contribution in [2.75, 3.05) is 6.54 Å². The summed E-state index contributed by atoms with van der Waals surface area (Å²) in [7, 11) is 0. The maximum Gasteiger partial charge on any atom is 0.339 e. The molecule has 120 valence electrons. The van der Waals surface area contributed by atoms with Crippen LogP contribution in [0.25, 0.3) is 0 Å². The predicted octanol–water partition coefficient (Wildman–Crippen LogP) is 2.66. The Balaban J connectivity index is 2.21. The molecule has 0 radical (unpaired) electrons. The molecule has 1 heterocycles. The molecule has 2 rings (SSSR count). The molecule has 1 aromatic heterocycles. The molecule has 0 aliphatic heterocycles. The Hall–Kier alpha value is -2.47. The van der Waals surface area contributed by atoms with Gasteiger partial charge in [0.05, 0.1) is 10.4 Å². The average molecular weight is 331 g/mol. The van der Waals surface area contributed by atoms with E-state index >= 15 is 0 Å². The van der Waals surface area contributed by atoms with Crippen LogP contribution in [0.15, 0.2) is 41.8 Å². The van der Waals surface area contributed by atoms with Gasteiger partial charge in [-0.15, -0.1) is 11.3 Å². The molecule has 0 spiro atoms. The molecule has 1 amide bonds. The van der Waals surface area contributed by atoms with E-state index in [2.05, 4.69) is 5.32 Å². The van der Waals surface area contributed by atoms with E-state index in [9.17, 15) is 14.4 Å². The number of esters is 1. The topological polar surface area (TPSA) is 72.5 Å². The minimum Gasteiger partial charge on any atom is -0.449 e. The van der Waals surface area contributed by atoms with Crippen LogP contribution in [0, 0.1) is 0 Å². The van der Waals surface area contributed by atoms with Crippen molar-refractivity contribution < 1.29 is 19.1 Å². The Morgan fingerprint density at radius 2 is 1.83 bits per heavy atom. The molecule has 0 saturated heterocycles. The van der Waals surface area contributed by atoms with Gasteiger partial charge in [0, 0.05) is 12.1 Å². The second kappa shape index (κ2) is 7.69. The highest BCUT2D eigenvalue weighted by Gasteiger charge is 2.23. The van der Waals surface area contributed by atoms with E-state index in [0.717, 1.165) is 0 Å². The summed E-state index contributed by atoms with van der Waals surface area (Å²) in [5.74, 6) is -1.30. The summed E-state index contributed by atoms with van der Waals surface area (Å²) >= 11 is 1.31. The molecule has 0 bridgehead atoms. The Morgan fingerprint density at radius 1 is 1.13 bits per heavy atom. The molecule has 23 heavy (non-hydrogen) atoms. The Kier molecular flexibility index (Phi) is 5.65. The van der Waals surface area contributed by atoms with Crippen molar-refractivity contribution in [2.24, 2.45) is 0 Å². The largest absolute Gasteiger partial charge is 0.449 e. The zero-order valence-corrected chi connectivity index (χ0v) is 13.7. The van der Waals surface area contributed by atoms with Gasteiger partial charge >= 0.3 is 5.97 Å². The standard InChI is InChI=1S/C17H17NO4S/c1-3-18-16(20)11(2)22-17(21)13-8-5-4-7-12(13)15(19)14-9-6-10-23-14/h4-11H,3H2,1-2H3,(H,18,20)/t11-/m0/s1. The van der Waals surface area contributed by atoms with Gasteiger partial charge in [0.2, 0.25) is 5.78 Å². The van der Waals surface area contributed by atoms with Crippen LogP contribution in [0.2, 0.25) is 0 Å². The second-order valence-electron chi connectivity index (χ2n) is 4.79. The van der Waals surface area contributed by atoms with Crippen molar-refractivity contribution in [2.45, 2.75) is 20.0 Å². The SMILES string of the molecule is CCNC(=O)[C@H](C)OC(=O)c1ccccc1C(=O)c1cccs1. The van der Waals surface area contributed by atoms with Crippen LogP contribution in [0.3, 0.4) is 0 Å². The van der Waals surface area contributed by atoms with Gasteiger partial charge in [-0.1, -0.05) is 24.3 Å². The summed E-state index contributed by atoms with van der Waals surface area (Å²) in [6, 6.07) is 9.91. The summed E-state index contributed by atoms with van der Waals surface area (Å²) in [4.78, 5) is 37.0. The van der Waals surface area contributed by atoms with Gasteiger partial charge in [-0.05, 0) is 31.4 Å². The van der Waals surface area contributed by atoms with Gasteiger partial charge in [0.25, 0.3) is 5.91 Å². The highest BCUT2D eigenvalue weighted by molar-refractivity contribution is 7.12. The third-order valence-electron chi connectivity index (χ3n) is 3.14. The number of thiophene rings is 1. The van der Waals surface area contributed by atoms with Crippen molar-refractivity contribution in [3.8, 4) is 0 Å². The maximum atomic E-state index is 12.5. The van der Waals surface area contributed by atoms with Crippen molar-refractivity contribution in [1.82, 2.24) is 5.32 Å². The third-order valence-corrected chi connectivity index (χ3v) is 4.01. The minimum atomic E-state index is -0.924. The number of ketones is 1. The molecule has 6 heteroatoms. The molecular formula is C17H17NO4S. The van der Waals surface area contributed by atoms with Crippen molar-refractivity contribution in [3.63, 3.8) is 0 Å². The van der Waals surface area contributed by atoms with E-state index in [1.165, 1.54) is 24.3 Å². The van der Waals surface area contributed by atoms with Crippen LogP contribution < -0.4 is 5.32 Å². The Bertz CT molecular complexity index is 709. The van der Waals surface area contributed by atoms with Gasteiger partial charge in [-0.25, -0.2) is 4.79 Å². The zero-order chi connectivity index (χ0) is 16.8. The van der Waals surface area contributed by atoms with Gasteiger partial charge in [0.15, 0.2) is 6.10 Å². The quantitative estimate of drug-likeness (QED) is 0.652. The number of hydrogen-bond donors (Lipinski definition) is 1. The van der Waals surface area contributed by atoms with Crippen LogP contribution in [0.5, 0.6) is 0 Å². The van der Waals surface area contributed by atoms with E-state index in [0.29, 0.717) is 11.4 Å². The summed E-state index contributed by atoms with van der Waals surface area (Å²) in [6.45, 7) is 3.72. The van der Waals surface area contributed by atoms with Gasteiger partial charge in [-0.3, -0.25) is 9.59 Å².